The molecule has 3 rings (SSSR count). The van der Waals surface area contributed by atoms with Crippen molar-refractivity contribution in [2.75, 3.05) is 38.2 Å². The van der Waals surface area contributed by atoms with Crippen molar-refractivity contribution in [1.82, 2.24) is 9.88 Å². The number of benzene rings is 2. The first-order valence-electron chi connectivity index (χ1n) is 9.97. The van der Waals surface area contributed by atoms with Crippen LogP contribution in [0.1, 0.15) is 19.4 Å². The maximum absolute atomic E-state index is 13.1. The van der Waals surface area contributed by atoms with Crippen LogP contribution in [-0.4, -0.2) is 49.1 Å². The van der Waals surface area contributed by atoms with E-state index < -0.39 is 0 Å². The van der Waals surface area contributed by atoms with Gasteiger partial charge in [0.15, 0.2) is 5.13 Å². The summed E-state index contributed by atoms with van der Waals surface area (Å²) in [4.78, 5) is 21.9. The fourth-order valence-electron chi connectivity index (χ4n) is 3.12. The molecule has 1 aromatic heterocycles. The first-order chi connectivity index (χ1) is 14.6. The molecule has 1 amide bonds. The molecule has 0 atom stereocenters. The Labute approximate surface area is 186 Å². The lowest BCUT2D eigenvalue weighted by atomic mass is 10.2. The van der Waals surface area contributed by atoms with Gasteiger partial charge in [0, 0.05) is 19.2 Å². The van der Waals surface area contributed by atoms with Gasteiger partial charge < -0.3 is 9.64 Å². The Morgan fingerprint density at radius 3 is 2.53 bits per heavy atom. The number of aromatic nitrogens is 1. The van der Waals surface area contributed by atoms with Gasteiger partial charge in [-0.25, -0.2) is 4.98 Å². The van der Waals surface area contributed by atoms with Crippen LogP contribution >= 0.6 is 22.9 Å². The van der Waals surface area contributed by atoms with Crippen LogP contribution in [0, 0.1) is 0 Å². The first-order valence-corrected chi connectivity index (χ1v) is 11.2. The molecule has 5 nitrogen and oxygen atoms in total. The third-order valence-corrected chi connectivity index (χ3v) is 6.45. The molecule has 158 valence electrons. The summed E-state index contributed by atoms with van der Waals surface area (Å²) in [7, 11) is 1.60. The third-order valence-electron chi connectivity index (χ3n) is 4.92. The number of hydrogen-bond donors (Lipinski definition) is 0. The molecule has 0 unspecified atom stereocenters. The number of thiazole rings is 1. The number of fused-ring (bicyclic) bond motifs is 1. The highest BCUT2D eigenvalue weighted by atomic mass is 35.5. The molecule has 0 radical (unpaired) electrons. The SMILES string of the molecule is CCN(CC)CCN(C(=O)/C=C/c1ccccc1)c1nc2c(OC)ccc(Cl)c2s1. The standard InChI is InChI=1S/C23H26ClN3O2S/c1-4-26(5-2)15-16-27(20(28)14-11-17-9-7-6-8-10-17)23-25-21-19(29-3)13-12-18(24)22(21)30-23/h6-14H,4-5,15-16H2,1-3H3/b14-11+. The number of methoxy groups -OCH3 is 1. The molecule has 0 fully saturated rings. The van der Waals surface area contributed by atoms with Crippen molar-refractivity contribution in [3.05, 3.63) is 59.1 Å². The van der Waals surface area contributed by atoms with Crippen molar-refractivity contribution >= 4 is 50.3 Å². The fraction of sp³-hybridized carbons (Fsp3) is 0.304. The summed E-state index contributed by atoms with van der Waals surface area (Å²) in [6.45, 7) is 7.40. The predicted molar refractivity (Wildman–Crippen MR) is 127 cm³/mol. The Kier molecular flexibility index (Phi) is 7.85. The summed E-state index contributed by atoms with van der Waals surface area (Å²) in [6.07, 6.45) is 3.43. The lowest BCUT2D eigenvalue weighted by Gasteiger charge is -2.23. The van der Waals surface area contributed by atoms with Gasteiger partial charge in [-0.15, -0.1) is 0 Å². The van der Waals surface area contributed by atoms with E-state index in [0.29, 0.717) is 28.0 Å². The zero-order valence-corrected chi connectivity index (χ0v) is 19.0. The van der Waals surface area contributed by atoms with Crippen LogP contribution in [0.2, 0.25) is 5.02 Å². The van der Waals surface area contributed by atoms with Gasteiger partial charge in [-0.3, -0.25) is 9.69 Å². The van der Waals surface area contributed by atoms with Gasteiger partial charge in [0.25, 0.3) is 5.91 Å². The van der Waals surface area contributed by atoms with Gasteiger partial charge >= 0.3 is 0 Å². The predicted octanol–water partition coefficient (Wildman–Crippen LogP) is 5.35. The van der Waals surface area contributed by atoms with E-state index in [1.165, 1.54) is 11.3 Å². The zero-order valence-electron chi connectivity index (χ0n) is 17.5. The quantitative estimate of drug-likeness (QED) is 0.418. The van der Waals surface area contributed by atoms with Gasteiger partial charge in [0.1, 0.15) is 11.3 Å². The van der Waals surface area contributed by atoms with Crippen molar-refractivity contribution < 1.29 is 9.53 Å². The highest BCUT2D eigenvalue weighted by Crippen LogP contribution is 2.38. The lowest BCUT2D eigenvalue weighted by molar-refractivity contribution is -0.114. The van der Waals surface area contributed by atoms with E-state index in [4.69, 9.17) is 21.3 Å². The Bertz CT molecular complexity index is 1020. The van der Waals surface area contributed by atoms with Crippen molar-refractivity contribution in [3.8, 4) is 5.75 Å². The minimum Gasteiger partial charge on any atom is -0.494 e. The summed E-state index contributed by atoms with van der Waals surface area (Å²) in [5, 5.41) is 1.22. The molecule has 0 aliphatic rings. The molecule has 0 saturated carbocycles. The summed E-state index contributed by atoms with van der Waals surface area (Å²) in [6, 6.07) is 13.4. The Hall–Kier alpha value is -2.41. The van der Waals surface area contributed by atoms with Crippen LogP contribution < -0.4 is 9.64 Å². The van der Waals surface area contributed by atoms with E-state index >= 15 is 0 Å². The van der Waals surface area contributed by atoms with Crippen molar-refractivity contribution in [3.63, 3.8) is 0 Å². The third kappa shape index (κ3) is 5.19. The number of nitrogens with zero attached hydrogens (tertiary/aromatic N) is 3. The highest BCUT2D eigenvalue weighted by molar-refractivity contribution is 7.23. The summed E-state index contributed by atoms with van der Waals surface area (Å²) in [5.74, 6) is 0.535. The minimum absolute atomic E-state index is 0.111. The number of likely N-dealkylation sites (N-methyl/N-ethyl adjacent to an activating group) is 1. The Morgan fingerprint density at radius 1 is 1.13 bits per heavy atom. The average molecular weight is 444 g/mol. The van der Waals surface area contributed by atoms with E-state index in [0.717, 1.165) is 29.9 Å². The number of rotatable bonds is 9. The van der Waals surface area contributed by atoms with E-state index in [-0.39, 0.29) is 5.91 Å². The molecule has 7 heteroatoms. The minimum atomic E-state index is -0.111. The molecular formula is C23H26ClN3O2S. The fourth-order valence-corrected chi connectivity index (χ4v) is 4.41. The molecule has 0 aliphatic heterocycles. The molecular weight excluding hydrogens is 418 g/mol. The van der Waals surface area contributed by atoms with Gasteiger partial charge in [-0.2, -0.15) is 0 Å². The van der Waals surface area contributed by atoms with Crippen LogP contribution in [0.25, 0.3) is 16.3 Å². The molecule has 30 heavy (non-hydrogen) atoms. The summed E-state index contributed by atoms with van der Waals surface area (Å²) in [5.41, 5.74) is 1.65. The van der Waals surface area contributed by atoms with Crippen molar-refractivity contribution in [2.45, 2.75) is 13.8 Å². The number of halogens is 1. The maximum atomic E-state index is 13.1. The average Bonchev–Trinajstić information content (AvgIpc) is 3.22. The number of carbonyl (C=O) groups is 1. The van der Waals surface area contributed by atoms with Crippen LogP contribution in [0.3, 0.4) is 0 Å². The molecule has 0 bridgehead atoms. The van der Waals surface area contributed by atoms with Gasteiger partial charge in [-0.1, -0.05) is 67.1 Å². The monoisotopic (exact) mass is 443 g/mol. The van der Waals surface area contributed by atoms with Crippen LogP contribution in [-0.2, 0) is 4.79 Å². The lowest BCUT2D eigenvalue weighted by Crippen LogP contribution is -2.38. The van der Waals surface area contributed by atoms with E-state index in [2.05, 4.69) is 18.7 Å². The zero-order chi connectivity index (χ0) is 21.5. The van der Waals surface area contributed by atoms with Gasteiger partial charge in [0.05, 0.1) is 16.8 Å². The Balaban J connectivity index is 1.94. The van der Waals surface area contributed by atoms with E-state index in [9.17, 15) is 4.79 Å². The van der Waals surface area contributed by atoms with Crippen LogP contribution in [0.5, 0.6) is 5.75 Å². The molecule has 3 aromatic rings. The second kappa shape index (κ2) is 10.6. The smallest absolute Gasteiger partial charge is 0.252 e. The van der Waals surface area contributed by atoms with E-state index in [1.54, 1.807) is 30.2 Å². The van der Waals surface area contributed by atoms with Gasteiger partial charge in [-0.05, 0) is 36.9 Å². The number of carbonyl (C=O) groups excluding carboxylic acids is 1. The van der Waals surface area contributed by atoms with Crippen LogP contribution in [0.4, 0.5) is 5.13 Å². The first kappa shape index (κ1) is 22.3. The number of hydrogen-bond acceptors (Lipinski definition) is 5. The summed E-state index contributed by atoms with van der Waals surface area (Å²) < 4.78 is 6.25. The Morgan fingerprint density at radius 2 is 1.87 bits per heavy atom. The normalized spacial score (nSPS) is 11.5. The van der Waals surface area contributed by atoms with Gasteiger partial charge in [0.2, 0.25) is 0 Å². The number of amides is 1. The van der Waals surface area contributed by atoms with Crippen molar-refractivity contribution in [2.24, 2.45) is 0 Å². The maximum Gasteiger partial charge on any atom is 0.252 e. The molecule has 0 N–H and O–H groups in total. The molecule has 1 heterocycles. The largest absolute Gasteiger partial charge is 0.494 e. The second-order valence-electron chi connectivity index (χ2n) is 6.68. The summed E-state index contributed by atoms with van der Waals surface area (Å²) >= 11 is 7.79. The number of ether oxygens (including phenoxy) is 1. The molecule has 2 aromatic carbocycles. The molecule has 0 aliphatic carbocycles. The second-order valence-corrected chi connectivity index (χ2v) is 8.07. The van der Waals surface area contributed by atoms with E-state index in [1.807, 2.05) is 36.4 Å². The molecule has 0 spiro atoms. The van der Waals surface area contributed by atoms with Crippen molar-refractivity contribution in [1.29, 1.82) is 0 Å². The highest BCUT2D eigenvalue weighted by Gasteiger charge is 2.21. The number of anilines is 1. The topological polar surface area (TPSA) is 45.7 Å². The van der Waals surface area contributed by atoms with Crippen LogP contribution in [0.15, 0.2) is 48.5 Å². The molecule has 0 saturated heterocycles.